The molecule has 2 aromatic rings. The second-order valence-corrected chi connectivity index (χ2v) is 7.04. The molecule has 0 aliphatic heterocycles. The van der Waals surface area contributed by atoms with Gasteiger partial charge in [-0.25, -0.2) is 0 Å². The van der Waals surface area contributed by atoms with Crippen LogP contribution >= 0.6 is 0 Å². The number of aliphatic hydroxyl groups excluding tert-OH is 1. The summed E-state index contributed by atoms with van der Waals surface area (Å²) in [5.41, 5.74) is 5.71. The number of carbonyl (C=O) groups is 1. The van der Waals surface area contributed by atoms with Crippen LogP contribution in [0.1, 0.15) is 32.3 Å². The molecule has 1 unspecified atom stereocenters. The van der Waals surface area contributed by atoms with E-state index in [1.54, 1.807) is 0 Å². The fourth-order valence-electron chi connectivity index (χ4n) is 3.01. The fourth-order valence-corrected chi connectivity index (χ4v) is 3.01. The maximum atomic E-state index is 11.8. The molecule has 0 fully saturated rings. The predicted molar refractivity (Wildman–Crippen MR) is 114 cm³/mol. The third-order valence-corrected chi connectivity index (χ3v) is 4.98. The molecule has 6 nitrogen and oxygen atoms in total. The van der Waals surface area contributed by atoms with Gasteiger partial charge in [0.1, 0.15) is 24.2 Å². The van der Waals surface area contributed by atoms with Gasteiger partial charge in [0.15, 0.2) is 5.60 Å². The summed E-state index contributed by atoms with van der Waals surface area (Å²) in [6.07, 6.45) is 1.30. The van der Waals surface area contributed by atoms with Crippen LogP contribution in [0.4, 0.5) is 0 Å². The van der Waals surface area contributed by atoms with Gasteiger partial charge in [-0.3, -0.25) is 4.79 Å². The van der Waals surface area contributed by atoms with Crippen LogP contribution in [-0.2, 0) is 11.2 Å². The van der Waals surface area contributed by atoms with Crippen molar-refractivity contribution in [1.82, 2.24) is 5.32 Å². The van der Waals surface area contributed by atoms with E-state index in [0.29, 0.717) is 25.1 Å². The molecule has 0 saturated heterocycles. The van der Waals surface area contributed by atoms with Crippen molar-refractivity contribution in [3.05, 3.63) is 60.2 Å². The van der Waals surface area contributed by atoms with Gasteiger partial charge in [-0.15, -0.1) is 0 Å². The number of hydrogen-bond donors (Lipinski definition) is 3. The Morgan fingerprint density at radius 3 is 2.31 bits per heavy atom. The summed E-state index contributed by atoms with van der Waals surface area (Å²) < 4.78 is 11.4. The zero-order valence-corrected chi connectivity index (χ0v) is 17.3. The van der Waals surface area contributed by atoms with E-state index >= 15 is 0 Å². The Balaban J connectivity index is 1.71. The summed E-state index contributed by atoms with van der Waals surface area (Å²) in [7, 11) is 0. The lowest BCUT2D eigenvalue weighted by atomic mass is 9.96. The van der Waals surface area contributed by atoms with Crippen LogP contribution in [-0.4, -0.2) is 42.4 Å². The number of ether oxygens (including phenoxy) is 2. The summed E-state index contributed by atoms with van der Waals surface area (Å²) >= 11 is 0. The number of aliphatic hydroxyl groups is 1. The highest BCUT2D eigenvalue weighted by Gasteiger charge is 2.35. The van der Waals surface area contributed by atoms with Crippen LogP contribution in [0.15, 0.2) is 54.6 Å². The zero-order valence-electron chi connectivity index (χ0n) is 17.3. The van der Waals surface area contributed by atoms with Crippen molar-refractivity contribution in [1.29, 1.82) is 0 Å². The van der Waals surface area contributed by atoms with Gasteiger partial charge in [-0.2, -0.15) is 0 Å². The Morgan fingerprint density at radius 1 is 1.07 bits per heavy atom. The number of rotatable bonds is 13. The predicted octanol–water partition coefficient (Wildman–Crippen LogP) is 2.68. The lowest BCUT2D eigenvalue weighted by Crippen LogP contribution is -2.48. The van der Waals surface area contributed by atoms with Crippen molar-refractivity contribution in [2.45, 2.75) is 44.8 Å². The normalized spacial score (nSPS) is 12.4. The molecule has 1 atom stereocenters. The van der Waals surface area contributed by atoms with Crippen LogP contribution in [0.3, 0.4) is 0 Å². The van der Waals surface area contributed by atoms with Gasteiger partial charge in [0.25, 0.3) is 5.91 Å². The molecule has 158 valence electrons. The van der Waals surface area contributed by atoms with Gasteiger partial charge >= 0.3 is 0 Å². The standard InChI is InChI=1S/C23H32N2O4/c1-3-23(4-2,22(24)27)29-21-12-10-18(11-13-21)14-15-25-16-19(26)17-28-20-8-6-5-7-9-20/h5-13,19,25-26H,3-4,14-17H2,1-2H3,(H2,24,27). The highest BCUT2D eigenvalue weighted by molar-refractivity contribution is 5.83. The molecule has 1 amide bonds. The summed E-state index contributed by atoms with van der Waals surface area (Å²) in [5.74, 6) is 0.948. The molecule has 2 rings (SSSR count). The molecule has 0 spiro atoms. The minimum atomic E-state index is -0.957. The molecule has 0 aliphatic rings. The van der Waals surface area contributed by atoms with E-state index in [1.165, 1.54) is 0 Å². The molecule has 0 aliphatic carbocycles. The van der Waals surface area contributed by atoms with Gasteiger partial charge in [0.2, 0.25) is 0 Å². The number of hydrogen-bond acceptors (Lipinski definition) is 5. The highest BCUT2D eigenvalue weighted by atomic mass is 16.5. The molecular formula is C23H32N2O4. The second kappa shape index (κ2) is 11.4. The molecule has 0 saturated carbocycles. The maximum absolute atomic E-state index is 11.8. The highest BCUT2D eigenvalue weighted by Crippen LogP contribution is 2.25. The summed E-state index contributed by atoms with van der Waals surface area (Å²) in [4.78, 5) is 11.8. The monoisotopic (exact) mass is 400 g/mol. The first-order valence-electron chi connectivity index (χ1n) is 10.1. The van der Waals surface area contributed by atoms with Gasteiger partial charge in [0, 0.05) is 6.54 Å². The average molecular weight is 401 g/mol. The van der Waals surface area contributed by atoms with Gasteiger partial charge in [-0.05, 0) is 55.6 Å². The van der Waals surface area contributed by atoms with Crippen molar-refractivity contribution in [3.63, 3.8) is 0 Å². The number of para-hydroxylation sites is 1. The average Bonchev–Trinajstić information content (AvgIpc) is 2.75. The molecule has 6 heteroatoms. The Bertz CT molecular complexity index is 730. The zero-order chi connectivity index (χ0) is 21.1. The Morgan fingerprint density at radius 2 is 1.72 bits per heavy atom. The number of nitrogens with two attached hydrogens (primary N) is 1. The minimum Gasteiger partial charge on any atom is -0.491 e. The van der Waals surface area contributed by atoms with Crippen LogP contribution in [0.5, 0.6) is 11.5 Å². The van der Waals surface area contributed by atoms with Crippen LogP contribution in [0.2, 0.25) is 0 Å². The molecule has 4 N–H and O–H groups in total. The summed E-state index contributed by atoms with van der Waals surface area (Å²) in [5, 5.41) is 13.2. The fraction of sp³-hybridized carbons (Fsp3) is 0.435. The van der Waals surface area contributed by atoms with Gasteiger partial charge in [-0.1, -0.05) is 44.2 Å². The van der Waals surface area contributed by atoms with Crippen LogP contribution in [0.25, 0.3) is 0 Å². The number of primary amides is 1. The maximum Gasteiger partial charge on any atom is 0.261 e. The van der Waals surface area contributed by atoms with E-state index in [-0.39, 0.29) is 6.61 Å². The molecule has 0 heterocycles. The van der Waals surface area contributed by atoms with Crippen LogP contribution in [0, 0.1) is 0 Å². The topological polar surface area (TPSA) is 93.8 Å². The summed E-state index contributed by atoms with van der Waals surface area (Å²) in [6.45, 7) is 5.24. The first-order valence-corrected chi connectivity index (χ1v) is 10.1. The Hall–Kier alpha value is -2.57. The third kappa shape index (κ3) is 7.07. The molecule has 0 aromatic heterocycles. The molecule has 29 heavy (non-hydrogen) atoms. The molecule has 0 radical (unpaired) electrons. The number of benzene rings is 2. The second-order valence-electron chi connectivity index (χ2n) is 7.04. The quantitative estimate of drug-likeness (QED) is 0.450. The smallest absolute Gasteiger partial charge is 0.261 e. The minimum absolute atomic E-state index is 0.250. The van der Waals surface area contributed by atoms with Crippen molar-refractivity contribution < 1.29 is 19.4 Å². The van der Waals surface area contributed by atoms with Crippen molar-refractivity contribution in [2.24, 2.45) is 5.73 Å². The van der Waals surface area contributed by atoms with Crippen molar-refractivity contribution in [2.75, 3.05) is 19.7 Å². The van der Waals surface area contributed by atoms with E-state index in [0.717, 1.165) is 24.3 Å². The number of amides is 1. The number of carbonyl (C=O) groups excluding carboxylic acids is 1. The van der Waals surface area contributed by atoms with E-state index in [4.69, 9.17) is 15.2 Å². The van der Waals surface area contributed by atoms with Crippen LogP contribution < -0.4 is 20.5 Å². The largest absolute Gasteiger partial charge is 0.491 e. The first kappa shape index (κ1) is 22.7. The first-order chi connectivity index (χ1) is 14.0. The summed E-state index contributed by atoms with van der Waals surface area (Å²) in [6, 6.07) is 17.1. The van der Waals surface area contributed by atoms with Gasteiger partial charge in [0.05, 0.1) is 0 Å². The third-order valence-electron chi connectivity index (χ3n) is 4.98. The molecule has 0 bridgehead atoms. The molecule has 2 aromatic carbocycles. The Labute approximate surface area is 173 Å². The van der Waals surface area contributed by atoms with E-state index < -0.39 is 17.6 Å². The number of nitrogens with one attached hydrogen (secondary N) is 1. The lowest BCUT2D eigenvalue weighted by Gasteiger charge is -2.29. The van der Waals surface area contributed by atoms with E-state index in [1.807, 2.05) is 68.4 Å². The Kier molecular flexibility index (Phi) is 8.96. The van der Waals surface area contributed by atoms with E-state index in [2.05, 4.69) is 5.32 Å². The van der Waals surface area contributed by atoms with Gasteiger partial charge < -0.3 is 25.6 Å². The van der Waals surface area contributed by atoms with E-state index in [9.17, 15) is 9.90 Å². The van der Waals surface area contributed by atoms with Crippen molar-refractivity contribution >= 4 is 5.91 Å². The SMILES string of the molecule is CCC(CC)(Oc1ccc(CCNCC(O)COc2ccccc2)cc1)C(N)=O. The van der Waals surface area contributed by atoms with Crippen molar-refractivity contribution in [3.8, 4) is 11.5 Å². The molecular weight excluding hydrogens is 368 g/mol. The lowest BCUT2D eigenvalue weighted by molar-refractivity contribution is -0.134.